The van der Waals surface area contributed by atoms with Crippen LogP contribution in [-0.2, 0) is 11.3 Å². The topological polar surface area (TPSA) is 9.23 Å². The van der Waals surface area contributed by atoms with Crippen LogP contribution in [0.2, 0.25) is 0 Å². The molecule has 0 amide bonds. The second-order valence-corrected chi connectivity index (χ2v) is 3.94. The maximum absolute atomic E-state index is 12.8. The average Bonchev–Trinajstić information content (AvgIpc) is 2.74. The number of ether oxygens (including phenoxy) is 1. The molecule has 16 heavy (non-hydrogen) atoms. The lowest BCUT2D eigenvalue weighted by atomic mass is 10.00. The van der Waals surface area contributed by atoms with Gasteiger partial charge in [-0.1, -0.05) is 36.4 Å². The summed E-state index contributed by atoms with van der Waals surface area (Å²) < 4.78 is 18.6. The number of hydrogen-bond acceptors (Lipinski definition) is 1. The molecular formula is C14H11FO. The van der Waals surface area contributed by atoms with Crippen molar-refractivity contribution in [2.75, 3.05) is 0 Å². The Balaban J connectivity index is 2.01. The van der Waals surface area contributed by atoms with Gasteiger partial charge in [0.15, 0.2) is 0 Å². The lowest BCUT2D eigenvalue weighted by molar-refractivity contribution is 0.0939. The van der Waals surface area contributed by atoms with E-state index in [9.17, 15) is 4.39 Å². The minimum atomic E-state index is -0.213. The van der Waals surface area contributed by atoms with Gasteiger partial charge >= 0.3 is 0 Å². The first kappa shape index (κ1) is 9.55. The van der Waals surface area contributed by atoms with Crippen molar-refractivity contribution in [3.63, 3.8) is 0 Å². The third-order valence-corrected chi connectivity index (χ3v) is 2.92. The van der Waals surface area contributed by atoms with Crippen LogP contribution in [0.25, 0.3) is 0 Å². The predicted octanol–water partition coefficient (Wildman–Crippen LogP) is 3.45. The van der Waals surface area contributed by atoms with Crippen LogP contribution in [0.3, 0.4) is 0 Å². The number of fused-ring (bicyclic) bond motifs is 1. The molecule has 0 fully saturated rings. The van der Waals surface area contributed by atoms with Gasteiger partial charge in [-0.25, -0.2) is 4.39 Å². The molecule has 1 atom stereocenters. The Morgan fingerprint density at radius 2 is 1.75 bits per heavy atom. The summed E-state index contributed by atoms with van der Waals surface area (Å²) in [6, 6.07) is 14.7. The Morgan fingerprint density at radius 3 is 2.56 bits per heavy atom. The van der Waals surface area contributed by atoms with Crippen molar-refractivity contribution < 1.29 is 9.13 Å². The van der Waals surface area contributed by atoms with E-state index in [0.717, 1.165) is 5.56 Å². The zero-order valence-corrected chi connectivity index (χ0v) is 8.69. The Bertz CT molecular complexity index is 504. The molecule has 2 aromatic carbocycles. The van der Waals surface area contributed by atoms with Crippen molar-refractivity contribution in [3.05, 3.63) is 71.0 Å². The first-order valence-corrected chi connectivity index (χ1v) is 5.29. The monoisotopic (exact) mass is 214 g/mol. The quantitative estimate of drug-likeness (QED) is 0.706. The minimum absolute atomic E-state index is 0.0446. The van der Waals surface area contributed by atoms with E-state index in [4.69, 9.17) is 4.74 Å². The molecular weight excluding hydrogens is 203 g/mol. The molecule has 0 aromatic heterocycles. The lowest BCUT2D eigenvalue weighted by Gasteiger charge is -2.11. The molecule has 0 radical (unpaired) electrons. The number of halogens is 1. The van der Waals surface area contributed by atoms with Crippen molar-refractivity contribution >= 4 is 0 Å². The molecule has 1 aliphatic rings. The average molecular weight is 214 g/mol. The fourth-order valence-electron chi connectivity index (χ4n) is 2.10. The molecule has 0 saturated heterocycles. The fourth-order valence-corrected chi connectivity index (χ4v) is 2.10. The smallest absolute Gasteiger partial charge is 0.123 e. The highest BCUT2D eigenvalue weighted by molar-refractivity contribution is 5.38. The third-order valence-electron chi connectivity index (χ3n) is 2.92. The van der Waals surface area contributed by atoms with Crippen LogP contribution in [0.4, 0.5) is 4.39 Å². The molecule has 1 heterocycles. The first-order valence-electron chi connectivity index (χ1n) is 5.29. The number of hydrogen-bond donors (Lipinski definition) is 0. The van der Waals surface area contributed by atoms with E-state index in [1.807, 2.05) is 12.1 Å². The second-order valence-electron chi connectivity index (χ2n) is 3.94. The van der Waals surface area contributed by atoms with Crippen LogP contribution in [0.1, 0.15) is 22.8 Å². The SMILES string of the molecule is Fc1ccc(C2OCc3ccccc32)cc1. The van der Waals surface area contributed by atoms with Crippen molar-refractivity contribution in [1.82, 2.24) is 0 Å². The van der Waals surface area contributed by atoms with E-state index in [0.29, 0.717) is 6.61 Å². The number of benzene rings is 2. The van der Waals surface area contributed by atoms with Gasteiger partial charge in [-0.3, -0.25) is 0 Å². The van der Waals surface area contributed by atoms with E-state index >= 15 is 0 Å². The standard InChI is InChI=1S/C14H11FO/c15-12-7-5-10(6-8-12)14-13-4-2-1-3-11(13)9-16-14/h1-8,14H,9H2. The molecule has 1 aliphatic heterocycles. The van der Waals surface area contributed by atoms with Crippen LogP contribution in [-0.4, -0.2) is 0 Å². The molecule has 2 heteroatoms. The summed E-state index contributed by atoms with van der Waals surface area (Å²) in [7, 11) is 0. The van der Waals surface area contributed by atoms with Crippen LogP contribution in [0.15, 0.2) is 48.5 Å². The van der Waals surface area contributed by atoms with Crippen LogP contribution < -0.4 is 0 Å². The summed E-state index contributed by atoms with van der Waals surface area (Å²) in [6.45, 7) is 0.637. The highest BCUT2D eigenvalue weighted by atomic mass is 19.1. The van der Waals surface area contributed by atoms with Gasteiger partial charge < -0.3 is 4.74 Å². The van der Waals surface area contributed by atoms with Gasteiger partial charge in [-0.15, -0.1) is 0 Å². The van der Waals surface area contributed by atoms with Gasteiger partial charge in [0, 0.05) is 0 Å². The minimum Gasteiger partial charge on any atom is -0.364 e. The van der Waals surface area contributed by atoms with Crippen LogP contribution >= 0.6 is 0 Å². The fraction of sp³-hybridized carbons (Fsp3) is 0.143. The van der Waals surface area contributed by atoms with Gasteiger partial charge in [0.1, 0.15) is 11.9 Å². The Morgan fingerprint density at radius 1 is 1.00 bits per heavy atom. The second kappa shape index (κ2) is 3.72. The van der Waals surface area contributed by atoms with E-state index in [2.05, 4.69) is 12.1 Å². The van der Waals surface area contributed by atoms with Gasteiger partial charge in [0.05, 0.1) is 6.61 Å². The zero-order chi connectivity index (χ0) is 11.0. The molecule has 1 unspecified atom stereocenters. The largest absolute Gasteiger partial charge is 0.364 e. The van der Waals surface area contributed by atoms with Crippen molar-refractivity contribution in [1.29, 1.82) is 0 Å². The summed E-state index contributed by atoms with van der Waals surface area (Å²) >= 11 is 0. The van der Waals surface area contributed by atoms with Gasteiger partial charge in [-0.05, 0) is 28.8 Å². The highest BCUT2D eigenvalue weighted by Gasteiger charge is 2.23. The summed E-state index contributed by atoms with van der Waals surface area (Å²) in [5.74, 6) is -0.213. The highest BCUT2D eigenvalue weighted by Crippen LogP contribution is 2.35. The maximum Gasteiger partial charge on any atom is 0.123 e. The Labute approximate surface area is 93.5 Å². The van der Waals surface area contributed by atoms with Gasteiger partial charge in [-0.2, -0.15) is 0 Å². The summed E-state index contributed by atoms with van der Waals surface area (Å²) in [5.41, 5.74) is 3.41. The van der Waals surface area contributed by atoms with Gasteiger partial charge in [0.25, 0.3) is 0 Å². The van der Waals surface area contributed by atoms with E-state index in [-0.39, 0.29) is 11.9 Å². The van der Waals surface area contributed by atoms with Crippen molar-refractivity contribution in [2.24, 2.45) is 0 Å². The lowest BCUT2D eigenvalue weighted by Crippen LogP contribution is -1.98. The van der Waals surface area contributed by atoms with Crippen LogP contribution in [0.5, 0.6) is 0 Å². The first-order chi connectivity index (χ1) is 7.84. The molecule has 0 bridgehead atoms. The number of rotatable bonds is 1. The third kappa shape index (κ3) is 1.51. The zero-order valence-electron chi connectivity index (χ0n) is 8.69. The Hall–Kier alpha value is -1.67. The molecule has 1 nitrogen and oxygen atoms in total. The van der Waals surface area contributed by atoms with Crippen LogP contribution in [0, 0.1) is 5.82 Å². The van der Waals surface area contributed by atoms with E-state index in [1.54, 1.807) is 12.1 Å². The van der Waals surface area contributed by atoms with Gasteiger partial charge in [0.2, 0.25) is 0 Å². The normalized spacial score (nSPS) is 18.4. The molecule has 80 valence electrons. The summed E-state index contributed by atoms with van der Waals surface area (Å²) in [6.07, 6.45) is -0.0446. The molecule has 0 aliphatic carbocycles. The summed E-state index contributed by atoms with van der Waals surface area (Å²) in [4.78, 5) is 0. The Kier molecular flexibility index (Phi) is 2.22. The van der Waals surface area contributed by atoms with Crippen molar-refractivity contribution in [3.8, 4) is 0 Å². The summed E-state index contributed by atoms with van der Waals surface area (Å²) in [5, 5.41) is 0. The molecule has 0 spiro atoms. The predicted molar refractivity (Wildman–Crippen MR) is 59.5 cm³/mol. The molecule has 0 N–H and O–H groups in total. The molecule has 2 aromatic rings. The molecule has 0 saturated carbocycles. The molecule has 3 rings (SSSR count). The van der Waals surface area contributed by atoms with E-state index in [1.165, 1.54) is 23.3 Å². The van der Waals surface area contributed by atoms with Crippen molar-refractivity contribution in [2.45, 2.75) is 12.7 Å². The maximum atomic E-state index is 12.8. The van der Waals surface area contributed by atoms with E-state index < -0.39 is 0 Å².